The Bertz CT molecular complexity index is 800. The van der Waals surface area contributed by atoms with Crippen LogP contribution in [0.25, 0.3) is 11.1 Å². The van der Waals surface area contributed by atoms with Gasteiger partial charge in [0.05, 0.1) is 0 Å². The van der Waals surface area contributed by atoms with E-state index < -0.39 is 18.1 Å². The average Bonchev–Trinajstić information content (AvgIpc) is 2.97. The Morgan fingerprint density at radius 3 is 2.19 bits per heavy atom. The minimum Gasteiger partial charge on any atom is -0.480 e. The first kappa shape index (κ1) is 17.7. The first-order chi connectivity index (χ1) is 12.5. The van der Waals surface area contributed by atoms with Crippen molar-refractivity contribution in [2.45, 2.75) is 18.4 Å². The highest BCUT2D eigenvalue weighted by atomic mass is 16.6. The van der Waals surface area contributed by atoms with Gasteiger partial charge < -0.3 is 9.84 Å². The zero-order chi connectivity index (χ0) is 18.7. The van der Waals surface area contributed by atoms with Gasteiger partial charge >= 0.3 is 12.1 Å². The maximum atomic E-state index is 12.4. The maximum Gasteiger partial charge on any atom is 0.410 e. The summed E-state index contributed by atoms with van der Waals surface area (Å²) in [6, 6.07) is 15.1. The number of carbonyl (C=O) groups excluding carboxylic acids is 1. The molecule has 1 atom stereocenters. The molecule has 5 heteroatoms. The Kier molecular flexibility index (Phi) is 5.07. The van der Waals surface area contributed by atoms with Gasteiger partial charge in [0, 0.05) is 13.0 Å². The number of ether oxygens (including phenoxy) is 1. The average molecular weight is 351 g/mol. The van der Waals surface area contributed by atoms with Crippen LogP contribution in [-0.4, -0.2) is 41.8 Å². The van der Waals surface area contributed by atoms with Crippen LogP contribution in [0, 0.1) is 0 Å². The van der Waals surface area contributed by atoms with Gasteiger partial charge in [0.15, 0.2) is 0 Å². The molecule has 0 unspecified atom stereocenters. The molecular formula is C21H21NO4. The molecule has 0 saturated heterocycles. The van der Waals surface area contributed by atoms with E-state index in [2.05, 4.69) is 18.7 Å². The molecule has 3 rings (SSSR count). The highest BCUT2D eigenvalue weighted by Crippen LogP contribution is 2.44. The predicted molar refractivity (Wildman–Crippen MR) is 99.1 cm³/mol. The molecule has 0 saturated carbocycles. The van der Waals surface area contributed by atoms with Crippen LogP contribution in [0.5, 0.6) is 0 Å². The minimum absolute atomic E-state index is 0.0533. The van der Waals surface area contributed by atoms with Crippen LogP contribution in [-0.2, 0) is 9.53 Å². The molecule has 0 radical (unpaired) electrons. The van der Waals surface area contributed by atoms with E-state index in [1.807, 2.05) is 36.4 Å². The van der Waals surface area contributed by atoms with Crippen molar-refractivity contribution in [3.8, 4) is 11.1 Å². The lowest BCUT2D eigenvalue weighted by atomic mass is 9.98. The first-order valence-electron chi connectivity index (χ1n) is 8.46. The number of benzene rings is 2. The minimum atomic E-state index is -1.08. The number of carboxylic acids is 1. The summed E-state index contributed by atoms with van der Waals surface area (Å²) in [4.78, 5) is 24.8. The molecule has 5 nitrogen and oxygen atoms in total. The van der Waals surface area contributed by atoms with Crippen molar-refractivity contribution in [3.63, 3.8) is 0 Å². The van der Waals surface area contributed by atoms with Crippen molar-refractivity contribution < 1.29 is 19.4 Å². The van der Waals surface area contributed by atoms with Gasteiger partial charge in [0.1, 0.15) is 12.6 Å². The van der Waals surface area contributed by atoms with Crippen molar-refractivity contribution in [3.05, 3.63) is 72.3 Å². The van der Waals surface area contributed by atoms with Gasteiger partial charge in [-0.05, 0) is 28.7 Å². The van der Waals surface area contributed by atoms with Crippen molar-refractivity contribution >= 4 is 12.1 Å². The second-order valence-corrected chi connectivity index (χ2v) is 6.29. The third-order valence-corrected chi connectivity index (χ3v) is 4.77. The van der Waals surface area contributed by atoms with E-state index in [0.29, 0.717) is 0 Å². The molecule has 26 heavy (non-hydrogen) atoms. The number of hydrogen-bond donors (Lipinski definition) is 1. The summed E-state index contributed by atoms with van der Waals surface area (Å²) in [7, 11) is 1.43. The summed E-state index contributed by atoms with van der Waals surface area (Å²) in [6.07, 6.45) is 0.989. The number of carbonyl (C=O) groups is 2. The second-order valence-electron chi connectivity index (χ2n) is 6.29. The number of carboxylic acid groups (broad SMARTS) is 1. The van der Waals surface area contributed by atoms with Crippen molar-refractivity contribution in [1.29, 1.82) is 0 Å². The quantitative estimate of drug-likeness (QED) is 0.802. The summed E-state index contributed by atoms with van der Waals surface area (Å²) < 4.78 is 5.47. The molecule has 2 aromatic rings. The van der Waals surface area contributed by atoms with Crippen LogP contribution < -0.4 is 0 Å². The normalized spacial score (nSPS) is 13.4. The van der Waals surface area contributed by atoms with Crippen LogP contribution >= 0.6 is 0 Å². The lowest BCUT2D eigenvalue weighted by Crippen LogP contribution is -2.42. The van der Waals surface area contributed by atoms with Crippen molar-refractivity contribution in [2.75, 3.05) is 13.7 Å². The zero-order valence-corrected chi connectivity index (χ0v) is 14.6. The Morgan fingerprint density at radius 2 is 1.69 bits per heavy atom. The van der Waals surface area contributed by atoms with Gasteiger partial charge in [-0.2, -0.15) is 0 Å². The second kappa shape index (κ2) is 7.44. The molecule has 0 aliphatic heterocycles. The summed E-state index contributed by atoms with van der Waals surface area (Å²) in [5.74, 6) is -1.14. The number of fused-ring (bicyclic) bond motifs is 3. The van der Waals surface area contributed by atoms with Crippen LogP contribution in [0.1, 0.15) is 23.5 Å². The molecule has 2 aromatic carbocycles. The molecule has 0 aromatic heterocycles. The van der Waals surface area contributed by atoms with Crippen LogP contribution in [0.4, 0.5) is 4.79 Å². The van der Waals surface area contributed by atoms with Gasteiger partial charge in [-0.15, -0.1) is 6.58 Å². The number of rotatable bonds is 6. The van der Waals surface area contributed by atoms with E-state index in [-0.39, 0.29) is 18.9 Å². The van der Waals surface area contributed by atoms with E-state index in [1.165, 1.54) is 13.1 Å². The van der Waals surface area contributed by atoms with Crippen molar-refractivity contribution in [1.82, 2.24) is 4.90 Å². The molecule has 0 bridgehead atoms. The highest BCUT2D eigenvalue weighted by molar-refractivity contribution is 5.81. The van der Waals surface area contributed by atoms with Crippen LogP contribution in [0.15, 0.2) is 61.2 Å². The summed E-state index contributed by atoms with van der Waals surface area (Å²) in [5, 5.41) is 9.27. The first-order valence-corrected chi connectivity index (χ1v) is 8.46. The largest absolute Gasteiger partial charge is 0.480 e. The fraction of sp³-hybridized carbons (Fsp3) is 0.238. The van der Waals surface area contributed by atoms with E-state index >= 15 is 0 Å². The molecule has 134 valence electrons. The van der Waals surface area contributed by atoms with Gasteiger partial charge in [0.2, 0.25) is 0 Å². The monoisotopic (exact) mass is 351 g/mol. The van der Waals surface area contributed by atoms with Crippen LogP contribution in [0.3, 0.4) is 0 Å². The van der Waals surface area contributed by atoms with E-state index in [9.17, 15) is 14.7 Å². The standard InChI is InChI=1S/C21H21NO4/c1-3-8-19(20(23)24)22(2)21(25)26-13-18-16-11-6-4-9-14(16)15-10-5-7-12-17(15)18/h3-7,9-12,18-19H,1,8,13H2,2H3,(H,23,24)/t19-/m1/s1. The Hall–Kier alpha value is -3.08. The molecule has 1 aliphatic carbocycles. The smallest absolute Gasteiger partial charge is 0.410 e. The Labute approximate surface area is 152 Å². The van der Waals surface area contributed by atoms with E-state index in [4.69, 9.17) is 4.74 Å². The third kappa shape index (κ3) is 3.20. The fourth-order valence-corrected chi connectivity index (χ4v) is 3.41. The Morgan fingerprint density at radius 1 is 1.15 bits per heavy atom. The topological polar surface area (TPSA) is 66.8 Å². The van der Waals surface area contributed by atoms with E-state index in [1.54, 1.807) is 0 Å². The molecular weight excluding hydrogens is 330 g/mol. The molecule has 1 aliphatic rings. The van der Waals surface area contributed by atoms with E-state index in [0.717, 1.165) is 27.2 Å². The summed E-state index contributed by atoms with van der Waals surface area (Å²) >= 11 is 0. The Balaban J connectivity index is 1.76. The number of nitrogens with zero attached hydrogens (tertiary/aromatic N) is 1. The lowest BCUT2D eigenvalue weighted by molar-refractivity contribution is -0.142. The molecule has 1 N–H and O–H groups in total. The molecule has 0 spiro atoms. The van der Waals surface area contributed by atoms with Gasteiger partial charge in [-0.25, -0.2) is 9.59 Å². The predicted octanol–water partition coefficient (Wildman–Crippen LogP) is 3.90. The SMILES string of the molecule is C=CC[C@H](C(=O)O)N(C)C(=O)OCC1c2ccccc2-c2ccccc21. The number of hydrogen-bond acceptors (Lipinski definition) is 3. The molecule has 0 fully saturated rings. The lowest BCUT2D eigenvalue weighted by Gasteiger charge is -2.24. The van der Waals surface area contributed by atoms with Gasteiger partial charge in [-0.1, -0.05) is 54.6 Å². The van der Waals surface area contributed by atoms with Gasteiger partial charge in [0.25, 0.3) is 0 Å². The summed E-state index contributed by atoms with van der Waals surface area (Å²) in [6.45, 7) is 3.71. The highest BCUT2D eigenvalue weighted by Gasteiger charge is 2.31. The number of amides is 1. The molecule has 1 amide bonds. The zero-order valence-electron chi connectivity index (χ0n) is 14.6. The third-order valence-electron chi connectivity index (χ3n) is 4.77. The van der Waals surface area contributed by atoms with Crippen molar-refractivity contribution in [2.24, 2.45) is 0 Å². The number of aliphatic carboxylic acids is 1. The number of likely N-dealkylation sites (N-methyl/N-ethyl adjacent to an activating group) is 1. The fourth-order valence-electron chi connectivity index (χ4n) is 3.41. The summed E-state index contributed by atoms with van der Waals surface area (Å²) in [5.41, 5.74) is 4.52. The van der Waals surface area contributed by atoms with Crippen LogP contribution in [0.2, 0.25) is 0 Å². The van der Waals surface area contributed by atoms with Gasteiger partial charge in [-0.3, -0.25) is 4.90 Å². The molecule has 0 heterocycles. The maximum absolute atomic E-state index is 12.4.